The highest BCUT2D eigenvalue weighted by Crippen LogP contribution is 2.47. The molecule has 0 N–H and O–H groups in total. The summed E-state index contributed by atoms with van der Waals surface area (Å²) in [7, 11) is 1.75. The van der Waals surface area contributed by atoms with Crippen LogP contribution in [0.3, 0.4) is 0 Å². The van der Waals surface area contributed by atoms with Gasteiger partial charge in [-0.3, -0.25) is 4.79 Å². The van der Waals surface area contributed by atoms with E-state index in [1.165, 1.54) is 5.56 Å². The van der Waals surface area contributed by atoms with Gasteiger partial charge in [0.05, 0.1) is 12.5 Å². The van der Waals surface area contributed by atoms with Crippen molar-refractivity contribution in [2.75, 3.05) is 20.3 Å². The molecule has 108 valence electrons. The number of halogens is 1. The Kier molecular flexibility index (Phi) is 4.13. The number of esters is 1. The highest BCUT2D eigenvalue weighted by atomic mass is 79.9. The van der Waals surface area contributed by atoms with Crippen molar-refractivity contribution in [1.82, 2.24) is 0 Å². The Balaban J connectivity index is 1.88. The molecule has 3 rings (SSSR count). The van der Waals surface area contributed by atoms with Gasteiger partial charge in [-0.25, -0.2) is 0 Å². The topological polar surface area (TPSA) is 35.5 Å². The molecular formula is C16H19BrO3. The standard InChI is InChI=1S/C16H19BrO3/c1-19-8-10-6-12-9-20-16(18)15(12)14(7-10)11-2-4-13(17)5-3-11/h2-5,10,12,14-15H,6-9H2,1H3/t10?,12-,14+,15+/m0/s1. The molecule has 1 heterocycles. The number of hydrogen-bond acceptors (Lipinski definition) is 3. The minimum Gasteiger partial charge on any atom is -0.465 e. The lowest BCUT2D eigenvalue weighted by Gasteiger charge is -2.36. The molecule has 2 fully saturated rings. The minimum atomic E-state index is -0.0150. The highest BCUT2D eigenvalue weighted by Gasteiger charge is 2.47. The van der Waals surface area contributed by atoms with Crippen LogP contribution >= 0.6 is 15.9 Å². The molecule has 0 radical (unpaired) electrons. The normalized spacial score (nSPS) is 32.8. The lowest BCUT2D eigenvalue weighted by Crippen LogP contribution is -2.34. The highest BCUT2D eigenvalue weighted by molar-refractivity contribution is 9.10. The van der Waals surface area contributed by atoms with E-state index in [1.54, 1.807) is 7.11 Å². The quantitative estimate of drug-likeness (QED) is 0.792. The monoisotopic (exact) mass is 338 g/mol. The number of ether oxygens (including phenoxy) is 2. The van der Waals surface area contributed by atoms with Crippen LogP contribution in [-0.2, 0) is 14.3 Å². The second kappa shape index (κ2) is 5.86. The van der Waals surface area contributed by atoms with Gasteiger partial charge < -0.3 is 9.47 Å². The number of cyclic esters (lactones) is 1. The maximum atomic E-state index is 12.1. The van der Waals surface area contributed by atoms with Crippen LogP contribution in [0.4, 0.5) is 0 Å². The van der Waals surface area contributed by atoms with Crippen molar-refractivity contribution < 1.29 is 14.3 Å². The van der Waals surface area contributed by atoms with Gasteiger partial charge in [0, 0.05) is 24.1 Å². The summed E-state index contributed by atoms with van der Waals surface area (Å²) in [6.45, 7) is 1.35. The van der Waals surface area contributed by atoms with Gasteiger partial charge in [0.1, 0.15) is 0 Å². The molecule has 20 heavy (non-hydrogen) atoms. The van der Waals surface area contributed by atoms with Gasteiger partial charge in [-0.15, -0.1) is 0 Å². The van der Waals surface area contributed by atoms with Crippen molar-refractivity contribution >= 4 is 21.9 Å². The van der Waals surface area contributed by atoms with Crippen LogP contribution < -0.4 is 0 Å². The second-order valence-electron chi connectivity index (χ2n) is 5.87. The molecular weight excluding hydrogens is 320 g/mol. The largest absolute Gasteiger partial charge is 0.465 e. The molecule has 1 saturated carbocycles. The Hall–Kier alpha value is -0.870. The van der Waals surface area contributed by atoms with Crippen LogP contribution in [0.25, 0.3) is 0 Å². The molecule has 0 spiro atoms. The first kappa shape index (κ1) is 14.1. The first-order valence-electron chi connectivity index (χ1n) is 7.10. The van der Waals surface area contributed by atoms with Gasteiger partial charge in [-0.05, 0) is 42.4 Å². The Morgan fingerprint density at radius 1 is 1.30 bits per heavy atom. The summed E-state index contributed by atoms with van der Waals surface area (Å²) in [5.41, 5.74) is 1.24. The third-order valence-electron chi connectivity index (χ3n) is 4.58. The maximum absolute atomic E-state index is 12.1. The van der Waals surface area contributed by atoms with Crippen molar-refractivity contribution in [1.29, 1.82) is 0 Å². The zero-order valence-electron chi connectivity index (χ0n) is 11.5. The van der Waals surface area contributed by atoms with Crippen molar-refractivity contribution in [2.24, 2.45) is 17.8 Å². The van der Waals surface area contributed by atoms with Crippen LogP contribution in [0.2, 0.25) is 0 Å². The average Bonchev–Trinajstić information content (AvgIpc) is 2.81. The van der Waals surface area contributed by atoms with Gasteiger partial charge in [0.15, 0.2) is 0 Å². The van der Waals surface area contributed by atoms with E-state index in [-0.39, 0.29) is 17.8 Å². The molecule has 2 aliphatic rings. The number of hydrogen-bond donors (Lipinski definition) is 0. The van der Waals surface area contributed by atoms with E-state index in [1.807, 2.05) is 12.1 Å². The van der Waals surface area contributed by atoms with E-state index in [0.717, 1.165) is 23.9 Å². The molecule has 0 aromatic heterocycles. The fourth-order valence-electron chi connectivity index (χ4n) is 3.74. The SMILES string of the molecule is COCC1C[C@H]2COC(=O)[C@H]2[C@@H](c2ccc(Br)cc2)C1. The van der Waals surface area contributed by atoms with Crippen LogP contribution in [0.15, 0.2) is 28.7 Å². The lowest BCUT2D eigenvalue weighted by atomic mass is 9.67. The van der Waals surface area contributed by atoms with Crippen LogP contribution in [0.1, 0.15) is 24.3 Å². The van der Waals surface area contributed by atoms with Crippen molar-refractivity contribution in [3.8, 4) is 0 Å². The summed E-state index contributed by atoms with van der Waals surface area (Å²) in [4.78, 5) is 12.1. The first-order valence-corrected chi connectivity index (χ1v) is 7.89. The fourth-order valence-corrected chi connectivity index (χ4v) is 4.01. The van der Waals surface area contributed by atoms with Crippen LogP contribution in [0.5, 0.6) is 0 Å². The summed E-state index contributed by atoms with van der Waals surface area (Å²) < 4.78 is 11.7. The smallest absolute Gasteiger partial charge is 0.309 e. The zero-order valence-corrected chi connectivity index (χ0v) is 13.1. The van der Waals surface area contributed by atoms with E-state index in [9.17, 15) is 4.79 Å². The summed E-state index contributed by atoms with van der Waals surface area (Å²) in [6, 6.07) is 8.33. The van der Waals surface area contributed by atoms with Crippen molar-refractivity contribution in [3.63, 3.8) is 0 Å². The van der Waals surface area contributed by atoms with E-state index < -0.39 is 0 Å². The Labute approximate surface area is 127 Å². The third-order valence-corrected chi connectivity index (χ3v) is 5.11. The number of rotatable bonds is 3. The van der Waals surface area contributed by atoms with E-state index >= 15 is 0 Å². The van der Waals surface area contributed by atoms with Gasteiger partial charge in [-0.2, -0.15) is 0 Å². The van der Waals surface area contributed by atoms with Crippen LogP contribution in [-0.4, -0.2) is 26.3 Å². The third kappa shape index (κ3) is 2.63. The molecule has 3 nitrogen and oxygen atoms in total. The fraction of sp³-hybridized carbons (Fsp3) is 0.562. The van der Waals surface area contributed by atoms with Gasteiger partial charge in [0.25, 0.3) is 0 Å². The number of fused-ring (bicyclic) bond motifs is 1. The second-order valence-corrected chi connectivity index (χ2v) is 6.78. The number of carbonyl (C=O) groups excluding carboxylic acids is 1. The molecule has 0 amide bonds. The molecule has 4 atom stereocenters. The summed E-state index contributed by atoms with van der Waals surface area (Å²) in [5.74, 6) is 1.15. The van der Waals surface area contributed by atoms with Crippen molar-refractivity contribution in [3.05, 3.63) is 34.3 Å². The van der Waals surface area contributed by atoms with E-state index in [2.05, 4.69) is 28.1 Å². The van der Waals surface area contributed by atoms with Crippen LogP contribution in [0, 0.1) is 17.8 Å². The number of benzene rings is 1. The molecule has 1 aliphatic heterocycles. The predicted molar refractivity (Wildman–Crippen MR) is 79.4 cm³/mol. The number of carbonyl (C=O) groups is 1. The summed E-state index contributed by atoms with van der Waals surface area (Å²) >= 11 is 3.46. The minimum absolute atomic E-state index is 0.0150. The Morgan fingerprint density at radius 3 is 2.75 bits per heavy atom. The maximum Gasteiger partial charge on any atom is 0.309 e. The molecule has 0 bridgehead atoms. The molecule has 1 aliphatic carbocycles. The average molecular weight is 339 g/mol. The molecule has 4 heteroatoms. The van der Waals surface area contributed by atoms with E-state index in [0.29, 0.717) is 18.4 Å². The summed E-state index contributed by atoms with van der Waals surface area (Å²) in [5, 5.41) is 0. The zero-order chi connectivity index (χ0) is 14.1. The van der Waals surface area contributed by atoms with Gasteiger partial charge in [0.2, 0.25) is 0 Å². The lowest BCUT2D eigenvalue weighted by molar-refractivity contribution is -0.142. The number of methoxy groups -OCH3 is 1. The van der Waals surface area contributed by atoms with Gasteiger partial charge in [-0.1, -0.05) is 28.1 Å². The van der Waals surface area contributed by atoms with Gasteiger partial charge >= 0.3 is 5.97 Å². The molecule has 1 aromatic rings. The Bertz CT molecular complexity index is 485. The molecule has 1 saturated heterocycles. The first-order chi connectivity index (χ1) is 9.69. The predicted octanol–water partition coefficient (Wildman–Crippen LogP) is 3.38. The van der Waals surface area contributed by atoms with Crippen molar-refractivity contribution in [2.45, 2.75) is 18.8 Å². The Morgan fingerprint density at radius 2 is 2.05 bits per heavy atom. The molecule has 1 unspecified atom stereocenters. The summed E-state index contributed by atoms with van der Waals surface area (Å²) in [6.07, 6.45) is 2.04. The molecule has 1 aromatic carbocycles. The van der Waals surface area contributed by atoms with E-state index in [4.69, 9.17) is 9.47 Å².